The molecule has 1 aliphatic rings. The monoisotopic (exact) mass is 454 g/mol. The maximum absolute atomic E-state index is 12.9. The van der Waals surface area contributed by atoms with Crippen molar-refractivity contribution in [3.05, 3.63) is 52.2 Å². The van der Waals surface area contributed by atoms with Crippen molar-refractivity contribution in [1.82, 2.24) is 9.21 Å². The van der Waals surface area contributed by atoms with Gasteiger partial charge in [0.25, 0.3) is 5.91 Å². The maximum atomic E-state index is 12.9. The number of carbonyl (C=O) groups is 2. The van der Waals surface area contributed by atoms with Crippen molar-refractivity contribution in [2.45, 2.75) is 11.4 Å². The van der Waals surface area contributed by atoms with Gasteiger partial charge in [0.05, 0.1) is 0 Å². The summed E-state index contributed by atoms with van der Waals surface area (Å²) in [5, 5.41) is 1.55. The topological polar surface area (TPSA) is 84.0 Å². The summed E-state index contributed by atoms with van der Waals surface area (Å²) in [5.41, 5.74) is 0.959. The Labute approximate surface area is 178 Å². The standard InChI is InChI=1S/C19H22N2O5S3/c1-20(13-15-5-3-2-4-6-15)17(22)14-26-19(23)18-16(7-10-28-18)29(24,25)21-8-11-27-12-9-21/h2-7,10H,8-9,11-14H2,1H3. The highest BCUT2D eigenvalue weighted by molar-refractivity contribution is 7.99. The molecule has 7 nitrogen and oxygen atoms in total. The molecule has 1 saturated heterocycles. The van der Waals surface area contributed by atoms with Gasteiger partial charge in [-0.2, -0.15) is 16.1 Å². The van der Waals surface area contributed by atoms with Crippen molar-refractivity contribution in [2.75, 3.05) is 38.2 Å². The van der Waals surface area contributed by atoms with Gasteiger partial charge >= 0.3 is 5.97 Å². The summed E-state index contributed by atoms with van der Waals surface area (Å²) in [4.78, 5) is 26.2. The third-order valence-electron chi connectivity index (χ3n) is 4.42. The molecule has 3 rings (SSSR count). The van der Waals surface area contributed by atoms with E-state index >= 15 is 0 Å². The molecule has 2 heterocycles. The number of carbonyl (C=O) groups excluding carboxylic acids is 2. The van der Waals surface area contributed by atoms with Gasteiger partial charge in [0.15, 0.2) is 6.61 Å². The number of thiophene rings is 1. The number of hydrogen-bond acceptors (Lipinski definition) is 7. The number of amides is 1. The van der Waals surface area contributed by atoms with Crippen LogP contribution in [-0.4, -0.2) is 67.7 Å². The zero-order valence-corrected chi connectivity index (χ0v) is 18.4. The highest BCUT2D eigenvalue weighted by atomic mass is 32.2. The summed E-state index contributed by atoms with van der Waals surface area (Å²) in [5.74, 6) is 0.291. The van der Waals surface area contributed by atoms with Crippen LogP contribution >= 0.6 is 23.1 Å². The van der Waals surface area contributed by atoms with Crippen LogP contribution in [0.3, 0.4) is 0 Å². The highest BCUT2D eigenvalue weighted by Gasteiger charge is 2.32. The molecule has 0 aliphatic carbocycles. The molecular weight excluding hydrogens is 432 g/mol. The van der Waals surface area contributed by atoms with Crippen LogP contribution in [0.15, 0.2) is 46.7 Å². The minimum absolute atomic E-state index is 0.00161. The molecule has 0 atom stereocenters. The van der Waals surface area contributed by atoms with Crippen LogP contribution in [0.25, 0.3) is 0 Å². The molecule has 0 saturated carbocycles. The van der Waals surface area contributed by atoms with E-state index in [-0.39, 0.29) is 15.7 Å². The molecule has 0 bridgehead atoms. The number of ether oxygens (including phenoxy) is 1. The van der Waals surface area contributed by atoms with Gasteiger partial charge < -0.3 is 9.64 Å². The fourth-order valence-electron chi connectivity index (χ4n) is 2.82. The summed E-state index contributed by atoms with van der Waals surface area (Å²) < 4.78 is 32.2. The largest absolute Gasteiger partial charge is 0.451 e. The second-order valence-corrected chi connectivity index (χ2v) is 10.5. The SMILES string of the molecule is CN(Cc1ccccc1)C(=O)COC(=O)c1sccc1S(=O)(=O)N1CCSCC1. The fourth-order valence-corrected chi connectivity index (χ4v) is 6.68. The molecule has 1 fully saturated rings. The zero-order valence-electron chi connectivity index (χ0n) is 15.9. The number of rotatable bonds is 7. The van der Waals surface area contributed by atoms with Gasteiger partial charge in [-0.25, -0.2) is 13.2 Å². The summed E-state index contributed by atoms with van der Waals surface area (Å²) in [6.07, 6.45) is 0. The van der Waals surface area contributed by atoms with E-state index in [9.17, 15) is 18.0 Å². The smallest absolute Gasteiger partial charge is 0.350 e. The Morgan fingerprint density at radius 1 is 1.14 bits per heavy atom. The summed E-state index contributed by atoms with van der Waals surface area (Å²) in [6, 6.07) is 10.9. The van der Waals surface area contributed by atoms with Crippen LogP contribution in [0.1, 0.15) is 15.2 Å². The van der Waals surface area contributed by atoms with Gasteiger partial charge in [-0.1, -0.05) is 30.3 Å². The molecule has 0 unspecified atom stereocenters. The van der Waals surface area contributed by atoms with Gasteiger partial charge in [-0.05, 0) is 17.0 Å². The molecule has 1 aliphatic heterocycles. The number of thioether (sulfide) groups is 1. The first-order valence-corrected chi connectivity index (χ1v) is 12.5. The lowest BCUT2D eigenvalue weighted by Crippen LogP contribution is -2.38. The number of sulfonamides is 1. The van der Waals surface area contributed by atoms with E-state index in [1.54, 1.807) is 24.2 Å². The average Bonchev–Trinajstić information content (AvgIpc) is 3.24. The van der Waals surface area contributed by atoms with Crippen molar-refractivity contribution < 1.29 is 22.7 Å². The number of nitrogens with zero attached hydrogens (tertiary/aromatic N) is 2. The van der Waals surface area contributed by atoms with Gasteiger partial charge in [-0.15, -0.1) is 11.3 Å². The highest BCUT2D eigenvalue weighted by Crippen LogP contribution is 2.27. The Balaban J connectivity index is 1.61. The van der Waals surface area contributed by atoms with Crippen molar-refractivity contribution in [3.63, 3.8) is 0 Å². The third kappa shape index (κ3) is 5.39. The van der Waals surface area contributed by atoms with E-state index in [0.29, 0.717) is 19.6 Å². The molecule has 2 aromatic rings. The molecule has 1 aromatic carbocycles. The summed E-state index contributed by atoms with van der Waals surface area (Å²) in [7, 11) is -2.13. The normalized spacial score (nSPS) is 15.1. The molecule has 1 aromatic heterocycles. The summed E-state index contributed by atoms with van der Waals surface area (Å²) >= 11 is 2.70. The minimum Gasteiger partial charge on any atom is -0.451 e. The van der Waals surface area contributed by atoms with Gasteiger partial charge in [-0.3, -0.25) is 4.79 Å². The van der Waals surface area contributed by atoms with Gasteiger partial charge in [0.2, 0.25) is 10.0 Å². The molecule has 0 spiro atoms. The maximum Gasteiger partial charge on any atom is 0.350 e. The van der Waals surface area contributed by atoms with Gasteiger partial charge in [0, 0.05) is 38.2 Å². The molecule has 156 valence electrons. The Kier molecular flexibility index (Phi) is 7.33. The number of likely N-dealkylation sites (N-methyl/N-ethyl adjacent to an activating group) is 1. The van der Waals surface area contributed by atoms with Crippen LogP contribution in [-0.2, 0) is 26.1 Å². The zero-order chi connectivity index (χ0) is 20.9. The Morgan fingerprint density at radius 2 is 1.83 bits per heavy atom. The minimum atomic E-state index is -3.76. The van der Waals surface area contributed by atoms with Crippen LogP contribution in [0.2, 0.25) is 0 Å². The molecular formula is C19H22N2O5S3. The van der Waals surface area contributed by atoms with Crippen molar-refractivity contribution >= 4 is 45.0 Å². The Morgan fingerprint density at radius 3 is 2.52 bits per heavy atom. The molecule has 0 radical (unpaired) electrons. The lowest BCUT2D eigenvalue weighted by molar-refractivity contribution is -0.133. The first-order chi connectivity index (χ1) is 13.9. The van der Waals surface area contributed by atoms with Gasteiger partial charge in [0.1, 0.15) is 9.77 Å². The van der Waals surface area contributed by atoms with E-state index in [1.807, 2.05) is 30.3 Å². The van der Waals surface area contributed by atoms with Crippen LogP contribution < -0.4 is 0 Å². The van der Waals surface area contributed by atoms with E-state index < -0.39 is 22.6 Å². The molecule has 29 heavy (non-hydrogen) atoms. The molecule has 10 heteroatoms. The molecule has 1 amide bonds. The van der Waals surface area contributed by atoms with Crippen molar-refractivity contribution in [2.24, 2.45) is 0 Å². The van der Waals surface area contributed by atoms with E-state index in [4.69, 9.17) is 4.74 Å². The fraction of sp³-hybridized carbons (Fsp3) is 0.368. The molecule has 0 N–H and O–H groups in total. The van der Waals surface area contributed by atoms with E-state index in [0.717, 1.165) is 28.4 Å². The number of esters is 1. The quantitative estimate of drug-likeness (QED) is 0.597. The lowest BCUT2D eigenvalue weighted by Gasteiger charge is -2.25. The van der Waals surface area contributed by atoms with Crippen LogP contribution in [0.5, 0.6) is 0 Å². The third-order valence-corrected chi connectivity index (χ3v) is 8.32. The predicted molar refractivity (Wildman–Crippen MR) is 114 cm³/mol. The van der Waals surface area contributed by atoms with Crippen LogP contribution in [0, 0.1) is 0 Å². The Bertz CT molecular complexity index is 953. The van der Waals surface area contributed by atoms with Crippen molar-refractivity contribution in [1.29, 1.82) is 0 Å². The van der Waals surface area contributed by atoms with E-state index in [2.05, 4.69) is 0 Å². The average molecular weight is 455 g/mol. The van der Waals surface area contributed by atoms with E-state index in [1.165, 1.54) is 15.3 Å². The number of benzene rings is 1. The number of hydrogen-bond donors (Lipinski definition) is 0. The Hall–Kier alpha value is -1.88. The predicted octanol–water partition coefficient (Wildman–Crippen LogP) is 2.30. The second kappa shape index (κ2) is 9.75. The lowest BCUT2D eigenvalue weighted by atomic mass is 10.2. The summed E-state index contributed by atoms with van der Waals surface area (Å²) in [6.45, 7) is 0.781. The first kappa shape index (κ1) is 21.8. The first-order valence-electron chi connectivity index (χ1n) is 9.00. The second-order valence-electron chi connectivity index (χ2n) is 6.44. The van der Waals surface area contributed by atoms with Crippen LogP contribution in [0.4, 0.5) is 0 Å². The van der Waals surface area contributed by atoms with Crippen molar-refractivity contribution in [3.8, 4) is 0 Å².